The molecule has 3 rings (SSSR count). The molecule has 0 saturated heterocycles. The first-order chi connectivity index (χ1) is 16.6. The van der Waals surface area contributed by atoms with Gasteiger partial charge in [0.1, 0.15) is 5.69 Å². The van der Waals surface area contributed by atoms with Gasteiger partial charge in [0.25, 0.3) is 5.91 Å². The van der Waals surface area contributed by atoms with Crippen LogP contribution in [0.25, 0.3) is 11.3 Å². The lowest BCUT2D eigenvalue weighted by molar-refractivity contribution is -0.341. The Morgan fingerprint density at radius 3 is 2.77 bits per heavy atom. The lowest BCUT2D eigenvalue weighted by atomic mass is 10.1. The highest BCUT2D eigenvalue weighted by molar-refractivity contribution is 7.43. The van der Waals surface area contributed by atoms with Crippen LogP contribution in [-0.4, -0.2) is 45.2 Å². The molecule has 0 aliphatic rings. The molecule has 2 atom stereocenters. The maximum Gasteiger partial charge on any atom is 0.268 e. The van der Waals surface area contributed by atoms with Gasteiger partial charge in [-0.05, 0) is 42.7 Å². The predicted molar refractivity (Wildman–Crippen MR) is 127 cm³/mol. The van der Waals surface area contributed by atoms with Gasteiger partial charge in [-0.2, -0.15) is 0 Å². The number of carbonyl (C=O) groups excluding carboxylic acids is 1. The van der Waals surface area contributed by atoms with Crippen LogP contribution in [-0.2, 0) is 9.09 Å². The van der Waals surface area contributed by atoms with E-state index >= 15 is 0 Å². The van der Waals surface area contributed by atoms with Crippen molar-refractivity contribution in [1.82, 2.24) is 20.3 Å². The van der Waals surface area contributed by atoms with E-state index in [2.05, 4.69) is 30.1 Å². The van der Waals surface area contributed by atoms with Crippen molar-refractivity contribution in [2.24, 2.45) is 0 Å². The predicted octanol–water partition coefficient (Wildman–Crippen LogP) is 1.93. The van der Waals surface area contributed by atoms with Crippen molar-refractivity contribution in [3.05, 3.63) is 64.6 Å². The smallest absolute Gasteiger partial charge is 0.268 e. The number of anilines is 1. The van der Waals surface area contributed by atoms with E-state index in [4.69, 9.17) is 11.6 Å². The molecule has 0 fully saturated rings. The minimum atomic E-state index is -5.09. The van der Waals surface area contributed by atoms with E-state index in [1.807, 2.05) is 0 Å². The van der Waals surface area contributed by atoms with Gasteiger partial charge in [-0.15, -0.1) is 0 Å². The number of nitrogens with zero attached hydrogens (tertiary/aromatic N) is 2. The Morgan fingerprint density at radius 1 is 1.34 bits per heavy atom. The van der Waals surface area contributed by atoms with E-state index < -0.39 is 25.8 Å². The van der Waals surface area contributed by atoms with Gasteiger partial charge in [0, 0.05) is 23.0 Å². The molecule has 11 nitrogen and oxygen atoms in total. The number of aliphatic hydroxyl groups excluding tert-OH is 1. The summed E-state index contributed by atoms with van der Waals surface area (Å²) in [5, 5.41) is 15.9. The number of aliphatic hydroxyl groups is 1. The zero-order chi connectivity index (χ0) is 25.6. The Hall–Kier alpha value is -2.79. The summed E-state index contributed by atoms with van der Waals surface area (Å²) in [4.78, 5) is 45.9. The van der Waals surface area contributed by atoms with E-state index in [0.717, 1.165) is 5.56 Å². The molecule has 35 heavy (non-hydrogen) atoms. The second-order valence-corrected chi connectivity index (χ2v) is 9.37. The number of phosphoric acid groups is 1. The Kier molecular flexibility index (Phi) is 9.01. The lowest BCUT2D eigenvalue weighted by Gasteiger charge is -2.30. The topological polar surface area (TPSA) is 175 Å². The van der Waals surface area contributed by atoms with E-state index in [9.17, 15) is 24.3 Å². The largest absolute Gasteiger partial charge is 0.790 e. The number of rotatable bonds is 11. The molecule has 2 aromatic heterocycles. The molecule has 13 heteroatoms. The number of carbonyl (C=O) groups is 1. The Bertz CT molecular complexity index is 1220. The van der Waals surface area contributed by atoms with Crippen LogP contribution in [0.15, 0.2) is 42.7 Å². The summed E-state index contributed by atoms with van der Waals surface area (Å²) >= 11 is 6.01. The maximum atomic E-state index is 12.8. The average molecular weight is 522 g/mol. The quantitative estimate of drug-likeness (QED) is 0.275. The van der Waals surface area contributed by atoms with Crippen molar-refractivity contribution in [2.75, 3.05) is 18.5 Å². The molecule has 188 valence electrons. The number of hydrogen-bond donors (Lipinski definition) is 4. The first-order valence-corrected chi connectivity index (χ1v) is 12.6. The van der Waals surface area contributed by atoms with Crippen molar-refractivity contribution in [3.63, 3.8) is 0 Å². The van der Waals surface area contributed by atoms with Gasteiger partial charge in [0.2, 0.25) is 5.95 Å². The molecule has 4 N–H and O–H groups in total. The minimum Gasteiger partial charge on any atom is -0.790 e. The van der Waals surface area contributed by atoms with Crippen LogP contribution in [0.5, 0.6) is 0 Å². The molecular formula is C22H25ClN5O6P-2. The molecule has 0 spiro atoms. The number of benzene rings is 1. The average Bonchev–Trinajstić information content (AvgIpc) is 3.30. The number of aromatic nitrogens is 3. The van der Waals surface area contributed by atoms with Gasteiger partial charge >= 0.3 is 0 Å². The number of phosphoric ester groups is 1. The number of aryl methyl sites for hydroxylation is 1. The van der Waals surface area contributed by atoms with E-state index in [0.29, 0.717) is 28.3 Å². The fourth-order valence-corrected chi connectivity index (χ4v) is 3.85. The summed E-state index contributed by atoms with van der Waals surface area (Å²) in [6.45, 7) is 2.94. The molecule has 0 bridgehead atoms. The number of H-pyrrole nitrogens is 1. The van der Waals surface area contributed by atoms with Crippen molar-refractivity contribution in [1.29, 1.82) is 0 Å². The number of halogens is 1. The molecule has 0 unspecified atom stereocenters. The third kappa shape index (κ3) is 7.60. The fraction of sp³-hybridized carbons (Fsp3) is 0.318. The van der Waals surface area contributed by atoms with Crippen LogP contribution in [0.2, 0.25) is 5.02 Å². The van der Waals surface area contributed by atoms with Gasteiger partial charge in [-0.1, -0.05) is 30.7 Å². The minimum absolute atomic E-state index is 0.209. The Labute approximate surface area is 207 Å². The third-order valence-electron chi connectivity index (χ3n) is 5.17. The number of amides is 1. The molecule has 1 aromatic carbocycles. The molecule has 3 aromatic rings. The van der Waals surface area contributed by atoms with Crippen molar-refractivity contribution >= 4 is 31.3 Å². The molecule has 0 aliphatic heterocycles. The number of nitrogens with one attached hydrogen (secondary N) is 3. The van der Waals surface area contributed by atoms with Crippen LogP contribution in [0, 0.1) is 6.92 Å². The number of aromatic amines is 1. The van der Waals surface area contributed by atoms with Crippen LogP contribution in [0.1, 0.15) is 41.0 Å². The van der Waals surface area contributed by atoms with Crippen molar-refractivity contribution < 1.29 is 28.8 Å². The monoisotopic (exact) mass is 521 g/mol. The fourth-order valence-electron chi connectivity index (χ4n) is 3.29. The Morgan fingerprint density at radius 2 is 2.11 bits per heavy atom. The van der Waals surface area contributed by atoms with Gasteiger partial charge in [0.15, 0.2) is 0 Å². The van der Waals surface area contributed by atoms with Crippen LogP contribution in [0.3, 0.4) is 0 Å². The summed E-state index contributed by atoms with van der Waals surface area (Å²) in [6, 6.07) is 7.33. The normalized spacial score (nSPS) is 13.3. The SMILES string of the molecule is CC[C@@H](COP(=O)([O-])[O-])Nc1ncc(C)c(-c2c[nH]c(C(=O)N[C@H](CO)c3cccc(Cl)c3)c2)n1. The zero-order valence-electron chi connectivity index (χ0n) is 19.0. The highest BCUT2D eigenvalue weighted by Crippen LogP contribution is 2.26. The van der Waals surface area contributed by atoms with Crippen LogP contribution >= 0.6 is 19.4 Å². The van der Waals surface area contributed by atoms with Crippen LogP contribution in [0.4, 0.5) is 5.95 Å². The summed E-state index contributed by atoms with van der Waals surface area (Å²) in [7, 11) is -5.09. The van der Waals surface area contributed by atoms with Crippen molar-refractivity contribution in [3.8, 4) is 11.3 Å². The Balaban J connectivity index is 1.74. The highest BCUT2D eigenvalue weighted by Gasteiger charge is 2.18. The molecule has 0 aliphatic carbocycles. The first kappa shape index (κ1) is 26.8. The van der Waals surface area contributed by atoms with Gasteiger partial charge in [0.05, 0.1) is 38.8 Å². The first-order valence-electron chi connectivity index (χ1n) is 10.7. The van der Waals surface area contributed by atoms with Gasteiger partial charge < -0.3 is 39.6 Å². The second-order valence-electron chi connectivity index (χ2n) is 7.78. The third-order valence-corrected chi connectivity index (χ3v) is 5.87. The second kappa shape index (κ2) is 11.8. The standard InChI is InChI=1S/C22H27ClN5O6P/c1-3-17(12-34-35(31,32)33)26-22-25-9-13(2)20(28-22)15-8-18(24-10-15)21(30)27-19(11-29)14-5-4-6-16(23)7-14/h4-10,17,19,24,29H,3,11-12H2,1-2H3,(H,27,30)(H,25,26,28)(H2,31,32,33)/p-2/t17-,19+/m0/s1. The van der Waals surface area contributed by atoms with E-state index in [1.54, 1.807) is 56.6 Å². The zero-order valence-corrected chi connectivity index (χ0v) is 20.7. The van der Waals surface area contributed by atoms with Gasteiger partial charge in [-0.25, -0.2) is 9.97 Å². The lowest BCUT2D eigenvalue weighted by Crippen LogP contribution is -2.31. The number of hydrogen-bond acceptors (Lipinski definition) is 9. The summed E-state index contributed by atoms with van der Waals surface area (Å²) in [5.74, 6) is -0.218. The summed E-state index contributed by atoms with van der Waals surface area (Å²) in [5.41, 5.74) is 2.83. The molecule has 0 radical (unpaired) electrons. The summed E-state index contributed by atoms with van der Waals surface area (Å²) in [6.07, 6.45) is 3.66. The van der Waals surface area contributed by atoms with E-state index in [1.165, 1.54) is 0 Å². The molecule has 2 heterocycles. The summed E-state index contributed by atoms with van der Waals surface area (Å²) < 4.78 is 15.1. The molecule has 0 saturated carbocycles. The van der Waals surface area contributed by atoms with Gasteiger partial charge in [-0.3, -0.25) is 4.79 Å². The van der Waals surface area contributed by atoms with E-state index in [-0.39, 0.29) is 24.9 Å². The highest BCUT2D eigenvalue weighted by atomic mass is 35.5. The maximum absolute atomic E-state index is 12.8. The molecule has 1 amide bonds. The molecular weight excluding hydrogens is 497 g/mol. The van der Waals surface area contributed by atoms with Crippen molar-refractivity contribution in [2.45, 2.75) is 32.4 Å². The van der Waals surface area contributed by atoms with Crippen LogP contribution < -0.4 is 20.4 Å².